The molecule has 36 heavy (non-hydrogen) atoms. The Morgan fingerprint density at radius 2 is 1.53 bits per heavy atom. The van der Waals surface area contributed by atoms with Crippen LogP contribution >= 0.6 is 0 Å². The second-order valence-electron chi connectivity index (χ2n) is 11.2. The quantitative estimate of drug-likeness (QED) is 0.490. The summed E-state index contributed by atoms with van der Waals surface area (Å²) in [5.74, 6) is 0.665. The number of aryl methyl sites for hydroxylation is 1. The zero-order valence-corrected chi connectivity index (χ0v) is 21.1. The van der Waals surface area contributed by atoms with Crippen molar-refractivity contribution in [3.05, 3.63) is 95.1 Å². The predicted octanol–water partition coefficient (Wildman–Crippen LogP) is 4.20. The van der Waals surface area contributed by atoms with Gasteiger partial charge in [-0.25, -0.2) is 0 Å². The number of fused-ring (bicyclic) bond motifs is 1. The molecule has 2 saturated heterocycles. The third kappa shape index (κ3) is 4.60. The van der Waals surface area contributed by atoms with Crippen LogP contribution < -0.4 is 15.7 Å². The van der Waals surface area contributed by atoms with Gasteiger partial charge in [0.1, 0.15) is 0 Å². The van der Waals surface area contributed by atoms with Crippen molar-refractivity contribution in [3.8, 4) is 0 Å². The highest BCUT2D eigenvalue weighted by Gasteiger charge is 2.36. The van der Waals surface area contributed by atoms with Crippen molar-refractivity contribution in [2.75, 3.05) is 31.1 Å². The van der Waals surface area contributed by atoms with Crippen molar-refractivity contribution in [3.63, 3.8) is 0 Å². The van der Waals surface area contributed by atoms with Crippen LogP contribution in [0, 0.1) is 5.41 Å². The Bertz CT molecular complexity index is 1160. The zero-order valence-electron chi connectivity index (χ0n) is 21.1. The monoisotopic (exact) mass is 480 g/mol. The molecule has 3 aliphatic rings. The molecule has 1 spiro atoms. The Balaban J connectivity index is 1.28. The summed E-state index contributed by atoms with van der Waals surface area (Å²) in [5.41, 5.74) is 7.77. The number of benzene rings is 3. The molecule has 6 rings (SSSR count). The largest absolute Gasteiger partial charge is 0.488 e. The zero-order chi connectivity index (χ0) is 24.5. The van der Waals surface area contributed by atoms with Crippen LogP contribution in [0.2, 0.25) is 0 Å². The molecule has 0 saturated carbocycles. The number of nitrogens with zero attached hydrogens (tertiary/aromatic N) is 1. The molecular formula is C31H37BN2O2. The van der Waals surface area contributed by atoms with Crippen molar-refractivity contribution >= 4 is 18.3 Å². The van der Waals surface area contributed by atoms with E-state index in [2.05, 4.69) is 70.9 Å². The third-order valence-corrected chi connectivity index (χ3v) is 9.26. The molecule has 3 N–H and O–H groups in total. The molecule has 2 fully saturated rings. The molecule has 2 atom stereocenters. The maximum atomic E-state index is 9.72. The summed E-state index contributed by atoms with van der Waals surface area (Å²) in [5, 5.41) is 23.0. The standard InChI is InChI=1S/C31H37BN2O2/c35-32(36)26-9-13-29-25(22-26)8-12-28(23-4-2-1-3-5-23)30(29)24-6-10-27(11-7-24)34-20-16-31(17-21-34)14-18-33-19-15-31/h1-7,9-11,13,22,28,30,33,35-36H,8,12,14-21H2/t28-,30+/m1/s1. The van der Waals surface area contributed by atoms with Gasteiger partial charge in [0.2, 0.25) is 0 Å². The topological polar surface area (TPSA) is 55.7 Å². The lowest BCUT2D eigenvalue weighted by molar-refractivity contribution is 0.155. The Labute approximate surface area is 215 Å². The second-order valence-corrected chi connectivity index (χ2v) is 11.2. The molecule has 3 aromatic carbocycles. The fourth-order valence-electron chi connectivity index (χ4n) is 7.06. The normalized spacial score (nSPS) is 23.3. The summed E-state index contributed by atoms with van der Waals surface area (Å²) in [6, 6.07) is 26.2. The highest BCUT2D eigenvalue weighted by molar-refractivity contribution is 6.58. The van der Waals surface area contributed by atoms with E-state index in [-0.39, 0.29) is 5.92 Å². The molecule has 2 heterocycles. The summed E-state index contributed by atoms with van der Waals surface area (Å²) in [6.45, 7) is 4.67. The molecule has 0 amide bonds. The first-order valence-electron chi connectivity index (χ1n) is 13.7. The molecule has 1 aliphatic carbocycles. The number of hydrogen-bond donors (Lipinski definition) is 3. The molecule has 2 aliphatic heterocycles. The van der Waals surface area contributed by atoms with Crippen molar-refractivity contribution in [2.24, 2.45) is 5.41 Å². The van der Waals surface area contributed by atoms with Gasteiger partial charge in [0.05, 0.1) is 0 Å². The molecule has 186 valence electrons. The summed E-state index contributed by atoms with van der Waals surface area (Å²) in [7, 11) is -1.42. The molecule has 0 bridgehead atoms. The molecule has 0 unspecified atom stereocenters. The van der Waals surface area contributed by atoms with E-state index >= 15 is 0 Å². The van der Waals surface area contributed by atoms with Crippen LogP contribution in [0.15, 0.2) is 72.8 Å². The molecule has 0 aromatic heterocycles. The van der Waals surface area contributed by atoms with E-state index in [9.17, 15) is 10.0 Å². The minimum absolute atomic E-state index is 0.259. The van der Waals surface area contributed by atoms with Crippen LogP contribution in [0.25, 0.3) is 0 Å². The maximum Gasteiger partial charge on any atom is 0.488 e. The van der Waals surface area contributed by atoms with Gasteiger partial charge in [-0.3, -0.25) is 0 Å². The van der Waals surface area contributed by atoms with E-state index in [0.717, 1.165) is 25.9 Å². The van der Waals surface area contributed by atoms with Gasteiger partial charge in [0.25, 0.3) is 0 Å². The van der Waals surface area contributed by atoms with Crippen LogP contribution in [0.5, 0.6) is 0 Å². The SMILES string of the molecule is OB(O)c1ccc2c(c1)CC[C@H](c1ccccc1)[C@@H]2c1ccc(N2CCC3(CCNCC3)CC2)cc1. The lowest BCUT2D eigenvalue weighted by Crippen LogP contribution is -2.45. The average molecular weight is 480 g/mol. The van der Waals surface area contributed by atoms with E-state index in [0.29, 0.717) is 16.8 Å². The first-order valence-corrected chi connectivity index (χ1v) is 13.7. The van der Waals surface area contributed by atoms with Crippen LogP contribution in [0.4, 0.5) is 5.69 Å². The molecule has 5 heteroatoms. The Hall–Kier alpha value is -2.60. The first kappa shape index (κ1) is 23.8. The van der Waals surface area contributed by atoms with E-state index < -0.39 is 7.12 Å². The lowest BCUT2D eigenvalue weighted by atomic mass is 9.67. The van der Waals surface area contributed by atoms with Gasteiger partial charge in [-0.15, -0.1) is 0 Å². The lowest BCUT2D eigenvalue weighted by Gasteiger charge is -2.45. The Morgan fingerprint density at radius 1 is 0.806 bits per heavy atom. The van der Waals surface area contributed by atoms with Crippen molar-refractivity contribution in [1.29, 1.82) is 0 Å². The van der Waals surface area contributed by atoms with Gasteiger partial charge in [0.15, 0.2) is 0 Å². The molecule has 3 aromatic rings. The smallest absolute Gasteiger partial charge is 0.423 e. The number of rotatable bonds is 4. The summed E-state index contributed by atoms with van der Waals surface area (Å²) >= 11 is 0. The number of piperidine rings is 2. The van der Waals surface area contributed by atoms with Crippen molar-refractivity contribution in [1.82, 2.24) is 5.32 Å². The second kappa shape index (κ2) is 10.0. The Kier molecular flexibility index (Phi) is 6.64. The number of nitrogens with one attached hydrogen (secondary N) is 1. The van der Waals surface area contributed by atoms with Gasteiger partial charge < -0.3 is 20.3 Å². The van der Waals surface area contributed by atoms with E-state index in [4.69, 9.17) is 0 Å². The molecule has 0 radical (unpaired) electrons. The van der Waals surface area contributed by atoms with Crippen LogP contribution in [-0.2, 0) is 6.42 Å². The highest BCUT2D eigenvalue weighted by atomic mass is 16.4. The van der Waals surface area contributed by atoms with Gasteiger partial charge >= 0.3 is 7.12 Å². The summed E-state index contributed by atoms with van der Waals surface area (Å²) < 4.78 is 0. The van der Waals surface area contributed by atoms with Crippen molar-refractivity contribution in [2.45, 2.75) is 50.4 Å². The fraction of sp³-hybridized carbons (Fsp3) is 0.419. The van der Waals surface area contributed by atoms with Gasteiger partial charge in [-0.05, 0) is 103 Å². The summed E-state index contributed by atoms with van der Waals surface area (Å²) in [4.78, 5) is 2.58. The van der Waals surface area contributed by atoms with Crippen LogP contribution in [0.1, 0.15) is 66.2 Å². The van der Waals surface area contributed by atoms with Gasteiger partial charge in [-0.1, -0.05) is 60.7 Å². The van der Waals surface area contributed by atoms with E-state index in [1.165, 1.54) is 66.7 Å². The molecular weight excluding hydrogens is 443 g/mol. The minimum atomic E-state index is -1.42. The Morgan fingerprint density at radius 3 is 2.22 bits per heavy atom. The molecule has 4 nitrogen and oxygen atoms in total. The fourth-order valence-corrected chi connectivity index (χ4v) is 7.06. The van der Waals surface area contributed by atoms with E-state index in [1.807, 2.05) is 12.1 Å². The maximum absolute atomic E-state index is 9.72. The van der Waals surface area contributed by atoms with E-state index in [1.54, 1.807) is 0 Å². The van der Waals surface area contributed by atoms with Crippen LogP contribution in [-0.4, -0.2) is 43.3 Å². The number of anilines is 1. The summed E-state index contributed by atoms with van der Waals surface area (Å²) in [6.07, 6.45) is 7.28. The van der Waals surface area contributed by atoms with Crippen LogP contribution in [0.3, 0.4) is 0 Å². The first-order chi connectivity index (χ1) is 17.6. The van der Waals surface area contributed by atoms with Gasteiger partial charge in [0, 0.05) is 24.7 Å². The average Bonchev–Trinajstić information content (AvgIpc) is 2.93. The highest BCUT2D eigenvalue weighted by Crippen LogP contribution is 2.46. The minimum Gasteiger partial charge on any atom is -0.423 e. The third-order valence-electron chi connectivity index (χ3n) is 9.26. The number of hydrogen-bond acceptors (Lipinski definition) is 4. The van der Waals surface area contributed by atoms with Crippen molar-refractivity contribution < 1.29 is 10.0 Å². The van der Waals surface area contributed by atoms with Gasteiger partial charge in [-0.2, -0.15) is 0 Å². The predicted molar refractivity (Wildman–Crippen MR) is 148 cm³/mol.